The lowest BCUT2D eigenvalue weighted by Crippen LogP contribution is -2.30. The van der Waals surface area contributed by atoms with Crippen LogP contribution in [-0.4, -0.2) is 17.7 Å². The highest BCUT2D eigenvalue weighted by Crippen LogP contribution is 2.38. The summed E-state index contributed by atoms with van der Waals surface area (Å²) in [5, 5.41) is 2.66. The average molecular weight is 284 g/mol. The fourth-order valence-corrected chi connectivity index (χ4v) is 2.98. The zero-order valence-electron chi connectivity index (χ0n) is 11.7. The van der Waals surface area contributed by atoms with Crippen molar-refractivity contribution in [1.82, 2.24) is 0 Å². The summed E-state index contributed by atoms with van der Waals surface area (Å²) >= 11 is 0. The molecule has 2 unspecified atom stereocenters. The number of anilines is 2. The van der Waals surface area contributed by atoms with E-state index in [1.54, 1.807) is 24.3 Å². The van der Waals surface area contributed by atoms with Gasteiger partial charge in [-0.25, -0.2) is 4.90 Å². The van der Waals surface area contributed by atoms with E-state index in [0.29, 0.717) is 24.2 Å². The van der Waals surface area contributed by atoms with Gasteiger partial charge in [-0.2, -0.15) is 0 Å². The fourth-order valence-electron chi connectivity index (χ4n) is 2.98. The first-order valence-corrected chi connectivity index (χ1v) is 6.98. The third-order valence-corrected chi connectivity index (χ3v) is 3.93. The molecule has 21 heavy (non-hydrogen) atoms. The molecule has 1 N–H and O–H groups in total. The quantitative estimate of drug-likeness (QED) is 0.668. The Hall–Kier alpha value is -2.43. The molecule has 2 aliphatic rings. The summed E-state index contributed by atoms with van der Waals surface area (Å²) in [6.07, 6.45) is 5.17. The van der Waals surface area contributed by atoms with Crippen LogP contribution < -0.4 is 10.2 Å². The highest BCUT2D eigenvalue weighted by molar-refractivity contribution is 6.22. The monoisotopic (exact) mass is 284 g/mol. The van der Waals surface area contributed by atoms with E-state index in [-0.39, 0.29) is 29.6 Å². The number of hydrogen-bond acceptors (Lipinski definition) is 3. The van der Waals surface area contributed by atoms with Gasteiger partial charge in [-0.05, 0) is 31.0 Å². The molecule has 0 spiro atoms. The molecule has 0 saturated carbocycles. The molecule has 3 rings (SSSR count). The molecule has 5 nitrogen and oxygen atoms in total. The van der Waals surface area contributed by atoms with Gasteiger partial charge in [-0.3, -0.25) is 14.4 Å². The van der Waals surface area contributed by atoms with Crippen molar-refractivity contribution in [2.45, 2.75) is 19.8 Å². The highest BCUT2D eigenvalue weighted by Gasteiger charge is 2.47. The molecule has 5 heteroatoms. The Labute approximate surface area is 122 Å². The molecule has 0 aromatic heterocycles. The summed E-state index contributed by atoms with van der Waals surface area (Å²) in [7, 11) is 0. The second-order valence-corrected chi connectivity index (χ2v) is 5.40. The number of nitrogens with zero attached hydrogens (tertiary/aromatic N) is 1. The van der Waals surface area contributed by atoms with Gasteiger partial charge in [-0.15, -0.1) is 0 Å². The molecule has 1 heterocycles. The number of imide groups is 1. The second kappa shape index (κ2) is 5.16. The van der Waals surface area contributed by atoms with Crippen molar-refractivity contribution in [1.29, 1.82) is 0 Å². The molecule has 0 bridgehead atoms. The van der Waals surface area contributed by atoms with Crippen molar-refractivity contribution < 1.29 is 14.4 Å². The molecule has 1 aromatic rings. The third-order valence-electron chi connectivity index (χ3n) is 3.93. The van der Waals surface area contributed by atoms with Crippen molar-refractivity contribution in [3.05, 3.63) is 36.4 Å². The Morgan fingerprint density at radius 3 is 2.33 bits per heavy atom. The van der Waals surface area contributed by atoms with Gasteiger partial charge in [0.1, 0.15) is 0 Å². The smallest absolute Gasteiger partial charge is 0.238 e. The SMILES string of the molecule is CC(=O)Nc1cccc(N2C(=O)C3CC=CCC3C2=O)c1. The number of amides is 3. The van der Waals surface area contributed by atoms with Crippen molar-refractivity contribution in [3.63, 3.8) is 0 Å². The summed E-state index contributed by atoms with van der Waals surface area (Å²) in [5.74, 6) is -0.966. The molecule has 1 fully saturated rings. The molecule has 1 aliphatic heterocycles. The summed E-state index contributed by atoms with van der Waals surface area (Å²) in [5.41, 5.74) is 1.10. The third kappa shape index (κ3) is 2.35. The van der Waals surface area contributed by atoms with Crippen LogP contribution in [0.4, 0.5) is 11.4 Å². The number of allylic oxidation sites excluding steroid dienone is 2. The molecule has 108 valence electrons. The maximum Gasteiger partial charge on any atom is 0.238 e. The normalized spacial score (nSPS) is 24.1. The zero-order valence-corrected chi connectivity index (χ0v) is 11.7. The van der Waals surface area contributed by atoms with Crippen molar-refractivity contribution in [2.24, 2.45) is 11.8 Å². The first kappa shape index (κ1) is 13.5. The van der Waals surface area contributed by atoms with Crippen molar-refractivity contribution in [3.8, 4) is 0 Å². The van der Waals surface area contributed by atoms with Gasteiger partial charge in [0.2, 0.25) is 17.7 Å². The van der Waals surface area contributed by atoms with Crippen molar-refractivity contribution in [2.75, 3.05) is 10.2 Å². The van der Waals surface area contributed by atoms with Crippen LogP contribution in [0, 0.1) is 11.8 Å². The Balaban J connectivity index is 1.92. The standard InChI is InChI=1S/C16H16N2O3/c1-10(19)17-11-5-4-6-12(9-11)18-15(20)13-7-2-3-8-14(13)16(18)21/h2-6,9,13-14H,7-8H2,1H3,(H,17,19). The molecule has 1 saturated heterocycles. The van der Waals surface area contributed by atoms with E-state index >= 15 is 0 Å². The minimum Gasteiger partial charge on any atom is -0.326 e. The van der Waals surface area contributed by atoms with Gasteiger partial charge < -0.3 is 5.32 Å². The lowest BCUT2D eigenvalue weighted by Gasteiger charge is -2.16. The van der Waals surface area contributed by atoms with Gasteiger partial charge in [0.15, 0.2) is 0 Å². The van der Waals surface area contributed by atoms with Crippen LogP contribution in [0.2, 0.25) is 0 Å². The van der Waals surface area contributed by atoms with Crippen molar-refractivity contribution >= 4 is 29.1 Å². The number of fused-ring (bicyclic) bond motifs is 1. The number of rotatable bonds is 2. The second-order valence-electron chi connectivity index (χ2n) is 5.40. The van der Waals surface area contributed by atoms with E-state index in [0.717, 1.165) is 0 Å². The number of nitrogens with one attached hydrogen (secondary N) is 1. The minimum absolute atomic E-state index is 0.144. The topological polar surface area (TPSA) is 66.5 Å². The van der Waals surface area contributed by atoms with Crippen LogP contribution in [0.25, 0.3) is 0 Å². The first-order chi connectivity index (χ1) is 10.1. The van der Waals surface area contributed by atoms with E-state index in [4.69, 9.17) is 0 Å². The van der Waals surface area contributed by atoms with Crippen LogP contribution in [0.15, 0.2) is 36.4 Å². The van der Waals surface area contributed by atoms with E-state index in [1.807, 2.05) is 12.2 Å². The minimum atomic E-state index is -0.244. The van der Waals surface area contributed by atoms with E-state index in [9.17, 15) is 14.4 Å². The van der Waals surface area contributed by atoms with Crippen LogP contribution in [0.3, 0.4) is 0 Å². The Morgan fingerprint density at radius 2 is 1.76 bits per heavy atom. The maximum atomic E-state index is 12.5. The lowest BCUT2D eigenvalue weighted by molar-refractivity contribution is -0.122. The number of hydrogen-bond donors (Lipinski definition) is 1. The highest BCUT2D eigenvalue weighted by atomic mass is 16.2. The number of benzene rings is 1. The van der Waals surface area contributed by atoms with Gasteiger partial charge in [0.05, 0.1) is 17.5 Å². The molecule has 0 radical (unpaired) electrons. The summed E-state index contributed by atoms with van der Waals surface area (Å²) < 4.78 is 0. The average Bonchev–Trinajstić information content (AvgIpc) is 2.71. The molecular weight excluding hydrogens is 268 g/mol. The summed E-state index contributed by atoms with van der Waals surface area (Å²) in [4.78, 5) is 37.3. The summed E-state index contributed by atoms with van der Waals surface area (Å²) in [6.45, 7) is 1.42. The number of carbonyl (C=O) groups excluding carboxylic acids is 3. The maximum absolute atomic E-state index is 12.5. The number of carbonyl (C=O) groups is 3. The summed E-state index contributed by atoms with van der Waals surface area (Å²) in [6, 6.07) is 6.82. The Bertz CT molecular complexity index is 625. The van der Waals surface area contributed by atoms with Crippen LogP contribution in [0.5, 0.6) is 0 Å². The molecule has 1 aliphatic carbocycles. The molecule has 2 atom stereocenters. The Morgan fingerprint density at radius 1 is 1.14 bits per heavy atom. The van der Waals surface area contributed by atoms with Crippen LogP contribution in [-0.2, 0) is 14.4 Å². The van der Waals surface area contributed by atoms with Crippen LogP contribution >= 0.6 is 0 Å². The van der Waals surface area contributed by atoms with E-state index < -0.39 is 0 Å². The fraction of sp³-hybridized carbons (Fsp3) is 0.312. The van der Waals surface area contributed by atoms with Gasteiger partial charge >= 0.3 is 0 Å². The Kier molecular flexibility index (Phi) is 3.33. The predicted octanol–water partition coefficient (Wildman–Crippen LogP) is 2.10. The van der Waals surface area contributed by atoms with Gasteiger partial charge in [-0.1, -0.05) is 18.2 Å². The van der Waals surface area contributed by atoms with E-state index in [2.05, 4.69) is 5.32 Å². The molecule has 3 amide bonds. The molecule has 1 aromatic carbocycles. The van der Waals surface area contributed by atoms with Gasteiger partial charge in [0, 0.05) is 12.6 Å². The lowest BCUT2D eigenvalue weighted by atomic mass is 9.85. The van der Waals surface area contributed by atoms with Gasteiger partial charge in [0.25, 0.3) is 0 Å². The van der Waals surface area contributed by atoms with E-state index in [1.165, 1.54) is 11.8 Å². The predicted molar refractivity (Wildman–Crippen MR) is 78.6 cm³/mol. The first-order valence-electron chi connectivity index (χ1n) is 6.98. The largest absolute Gasteiger partial charge is 0.326 e. The van der Waals surface area contributed by atoms with Crippen LogP contribution in [0.1, 0.15) is 19.8 Å². The zero-order chi connectivity index (χ0) is 15.0. The molecular formula is C16H16N2O3.